The molecule has 3 aromatic rings. The number of tetrazole rings is 1. The van der Waals surface area contributed by atoms with Crippen LogP contribution in [0.1, 0.15) is 18.1 Å². The molecule has 0 radical (unpaired) electrons. The third kappa shape index (κ3) is 4.06. The molecule has 1 N–H and O–H groups in total. The molecule has 1 amide bonds. The van der Waals surface area contributed by atoms with E-state index in [1.165, 1.54) is 17.3 Å². The molecule has 0 saturated heterocycles. The summed E-state index contributed by atoms with van der Waals surface area (Å²) >= 11 is 1.33. The zero-order valence-corrected chi connectivity index (χ0v) is 15.1. The van der Waals surface area contributed by atoms with Gasteiger partial charge < -0.3 is 5.32 Å². The number of hydrogen-bond donors (Lipinski definition) is 1. The van der Waals surface area contributed by atoms with Gasteiger partial charge in [-0.2, -0.15) is 4.68 Å². The number of nitrogens with one attached hydrogen (secondary N) is 1. The molecule has 0 fully saturated rings. The van der Waals surface area contributed by atoms with Crippen molar-refractivity contribution in [2.75, 3.05) is 5.32 Å². The Kier molecular flexibility index (Phi) is 5.14. The first-order valence-corrected chi connectivity index (χ1v) is 8.81. The fraction of sp³-hybridized carbons (Fsp3) is 0.222. The van der Waals surface area contributed by atoms with Gasteiger partial charge in [-0.3, -0.25) is 4.79 Å². The number of carbonyl (C=O) groups excluding carboxylic acids is 1. The summed E-state index contributed by atoms with van der Waals surface area (Å²) in [7, 11) is 0. The highest BCUT2D eigenvalue weighted by molar-refractivity contribution is 8.00. The quantitative estimate of drug-likeness (QED) is 0.712. The van der Waals surface area contributed by atoms with Crippen LogP contribution in [-0.4, -0.2) is 31.4 Å². The van der Waals surface area contributed by atoms with Crippen LogP contribution in [0.25, 0.3) is 5.69 Å². The maximum atomic E-state index is 12.4. The van der Waals surface area contributed by atoms with Crippen molar-refractivity contribution in [2.24, 2.45) is 0 Å². The monoisotopic (exact) mass is 353 g/mol. The molecule has 3 rings (SSSR count). The van der Waals surface area contributed by atoms with Crippen LogP contribution in [0.5, 0.6) is 0 Å². The van der Waals surface area contributed by atoms with Gasteiger partial charge in [-0.05, 0) is 55.0 Å². The maximum Gasteiger partial charge on any atom is 0.237 e. The summed E-state index contributed by atoms with van der Waals surface area (Å²) in [5.41, 5.74) is 3.94. The van der Waals surface area contributed by atoms with Crippen LogP contribution in [0.3, 0.4) is 0 Å². The Morgan fingerprint density at radius 3 is 2.64 bits per heavy atom. The molecule has 6 nitrogen and oxygen atoms in total. The van der Waals surface area contributed by atoms with Gasteiger partial charge in [0.15, 0.2) is 0 Å². The number of anilines is 1. The minimum atomic E-state index is -0.337. The standard InChI is InChI=1S/C18H19N5OS/c1-12-9-10-16(13(2)11-12)23-18(20-21-22-23)25-14(3)17(24)19-15-7-5-4-6-8-15/h4-11,14H,1-3H3,(H,19,24)/t14-/m1/s1. The van der Waals surface area contributed by atoms with Gasteiger partial charge in [0.25, 0.3) is 0 Å². The van der Waals surface area contributed by atoms with E-state index in [1.807, 2.05) is 63.2 Å². The molecule has 0 aliphatic heterocycles. The SMILES string of the molecule is Cc1ccc(-n2nnnc2S[C@H](C)C(=O)Nc2ccccc2)c(C)c1. The van der Waals surface area contributed by atoms with E-state index in [0.29, 0.717) is 5.16 Å². The predicted molar refractivity (Wildman–Crippen MR) is 99.0 cm³/mol. The van der Waals surface area contributed by atoms with Crippen LogP contribution < -0.4 is 5.32 Å². The first-order chi connectivity index (χ1) is 12.0. The number of aromatic nitrogens is 4. The number of amides is 1. The van der Waals surface area contributed by atoms with Gasteiger partial charge in [-0.1, -0.05) is 47.7 Å². The van der Waals surface area contributed by atoms with Crippen molar-refractivity contribution in [2.45, 2.75) is 31.2 Å². The van der Waals surface area contributed by atoms with Crippen LogP contribution in [0, 0.1) is 13.8 Å². The van der Waals surface area contributed by atoms with Crippen LogP contribution >= 0.6 is 11.8 Å². The molecular weight excluding hydrogens is 334 g/mol. The first kappa shape index (κ1) is 17.2. The lowest BCUT2D eigenvalue weighted by Crippen LogP contribution is -2.22. The topological polar surface area (TPSA) is 72.7 Å². The van der Waals surface area contributed by atoms with E-state index in [4.69, 9.17) is 0 Å². The molecule has 0 unspecified atom stereocenters. The fourth-order valence-electron chi connectivity index (χ4n) is 2.42. The van der Waals surface area contributed by atoms with Gasteiger partial charge in [0.2, 0.25) is 11.1 Å². The van der Waals surface area contributed by atoms with E-state index < -0.39 is 0 Å². The lowest BCUT2D eigenvalue weighted by Gasteiger charge is -2.12. The number of thioether (sulfide) groups is 1. The largest absolute Gasteiger partial charge is 0.325 e. The van der Waals surface area contributed by atoms with Gasteiger partial charge >= 0.3 is 0 Å². The van der Waals surface area contributed by atoms with Crippen molar-refractivity contribution in [1.29, 1.82) is 0 Å². The Balaban J connectivity index is 1.75. The number of para-hydroxylation sites is 1. The molecule has 7 heteroatoms. The highest BCUT2D eigenvalue weighted by Crippen LogP contribution is 2.25. The van der Waals surface area contributed by atoms with Crippen molar-refractivity contribution in [3.05, 3.63) is 59.7 Å². The Hall–Kier alpha value is -2.67. The van der Waals surface area contributed by atoms with Crippen molar-refractivity contribution in [3.63, 3.8) is 0 Å². The van der Waals surface area contributed by atoms with Gasteiger partial charge in [0.05, 0.1) is 10.9 Å². The molecule has 0 bridgehead atoms. The molecular formula is C18H19N5OS. The highest BCUT2D eigenvalue weighted by Gasteiger charge is 2.20. The van der Waals surface area contributed by atoms with E-state index in [9.17, 15) is 4.79 Å². The molecule has 1 heterocycles. The number of benzene rings is 2. The Bertz CT molecular complexity index is 878. The van der Waals surface area contributed by atoms with Crippen LogP contribution in [0.2, 0.25) is 0 Å². The van der Waals surface area contributed by atoms with Crippen molar-refractivity contribution in [1.82, 2.24) is 20.2 Å². The van der Waals surface area contributed by atoms with Gasteiger partial charge in [0.1, 0.15) is 0 Å². The minimum absolute atomic E-state index is 0.0913. The lowest BCUT2D eigenvalue weighted by atomic mass is 10.1. The normalized spacial score (nSPS) is 12.0. The summed E-state index contributed by atoms with van der Waals surface area (Å²) in [6.07, 6.45) is 0. The van der Waals surface area contributed by atoms with Gasteiger partial charge in [0, 0.05) is 5.69 Å². The average Bonchev–Trinajstić information content (AvgIpc) is 3.03. The summed E-state index contributed by atoms with van der Waals surface area (Å²) < 4.78 is 1.67. The fourth-order valence-corrected chi connectivity index (χ4v) is 3.22. The molecule has 128 valence electrons. The summed E-state index contributed by atoms with van der Waals surface area (Å²) in [5, 5.41) is 15.1. The molecule has 0 aliphatic carbocycles. The number of hydrogen-bond acceptors (Lipinski definition) is 5. The van der Waals surface area contributed by atoms with Crippen LogP contribution in [0.15, 0.2) is 53.7 Å². The molecule has 0 saturated carbocycles. The molecule has 1 aromatic heterocycles. The number of aryl methyl sites for hydroxylation is 2. The summed E-state index contributed by atoms with van der Waals surface area (Å²) in [6.45, 7) is 5.90. The van der Waals surface area contributed by atoms with Crippen molar-refractivity contribution in [3.8, 4) is 5.69 Å². The third-order valence-corrected chi connectivity index (χ3v) is 4.75. The second kappa shape index (κ2) is 7.48. The van der Waals surface area contributed by atoms with E-state index in [1.54, 1.807) is 4.68 Å². The summed E-state index contributed by atoms with van der Waals surface area (Å²) in [4.78, 5) is 12.4. The predicted octanol–water partition coefficient (Wildman–Crippen LogP) is 3.40. The van der Waals surface area contributed by atoms with E-state index in [-0.39, 0.29) is 11.2 Å². The average molecular weight is 353 g/mol. The summed E-state index contributed by atoms with van der Waals surface area (Å²) in [5.74, 6) is -0.0913. The van der Waals surface area contributed by atoms with E-state index in [2.05, 4.69) is 26.9 Å². The van der Waals surface area contributed by atoms with Crippen molar-refractivity contribution < 1.29 is 4.79 Å². The minimum Gasteiger partial charge on any atom is -0.325 e. The highest BCUT2D eigenvalue weighted by atomic mass is 32.2. The Morgan fingerprint density at radius 1 is 1.16 bits per heavy atom. The van der Waals surface area contributed by atoms with E-state index in [0.717, 1.165) is 16.9 Å². The zero-order chi connectivity index (χ0) is 17.8. The number of carbonyl (C=O) groups is 1. The van der Waals surface area contributed by atoms with E-state index >= 15 is 0 Å². The third-order valence-electron chi connectivity index (χ3n) is 3.71. The molecule has 0 spiro atoms. The lowest BCUT2D eigenvalue weighted by molar-refractivity contribution is -0.115. The van der Waals surface area contributed by atoms with Crippen LogP contribution in [-0.2, 0) is 4.79 Å². The van der Waals surface area contributed by atoms with Gasteiger partial charge in [-0.25, -0.2) is 0 Å². The second-order valence-electron chi connectivity index (χ2n) is 5.78. The Morgan fingerprint density at radius 2 is 1.92 bits per heavy atom. The molecule has 0 aliphatic rings. The molecule has 2 aromatic carbocycles. The smallest absolute Gasteiger partial charge is 0.237 e. The maximum absolute atomic E-state index is 12.4. The zero-order valence-electron chi connectivity index (χ0n) is 14.3. The molecule has 1 atom stereocenters. The Labute approximate surface area is 150 Å². The second-order valence-corrected chi connectivity index (χ2v) is 7.09. The van der Waals surface area contributed by atoms with Crippen LogP contribution in [0.4, 0.5) is 5.69 Å². The summed E-state index contributed by atoms with van der Waals surface area (Å²) in [6, 6.07) is 15.5. The number of nitrogens with zero attached hydrogens (tertiary/aromatic N) is 4. The number of rotatable bonds is 5. The molecule has 25 heavy (non-hydrogen) atoms. The van der Waals surface area contributed by atoms with Gasteiger partial charge in [-0.15, -0.1) is 5.10 Å². The van der Waals surface area contributed by atoms with Crippen molar-refractivity contribution >= 4 is 23.4 Å². The first-order valence-electron chi connectivity index (χ1n) is 7.93.